The van der Waals surface area contributed by atoms with E-state index in [1.165, 1.54) is 0 Å². The molecule has 5 aromatic rings. The van der Waals surface area contributed by atoms with E-state index < -0.39 is 17.9 Å². The van der Waals surface area contributed by atoms with Crippen molar-refractivity contribution >= 4 is 52.1 Å². The quantitative estimate of drug-likeness (QED) is 0.159. The van der Waals surface area contributed by atoms with Crippen molar-refractivity contribution in [3.63, 3.8) is 0 Å². The summed E-state index contributed by atoms with van der Waals surface area (Å²) in [5.41, 5.74) is 10.1. The van der Waals surface area contributed by atoms with Crippen LogP contribution in [0, 0.1) is 39.9 Å². The van der Waals surface area contributed by atoms with E-state index in [1.54, 1.807) is 19.4 Å². The van der Waals surface area contributed by atoms with E-state index >= 15 is 0 Å². The Morgan fingerprint density at radius 3 is 1.89 bits per heavy atom. The van der Waals surface area contributed by atoms with Gasteiger partial charge in [0.15, 0.2) is 0 Å². The minimum atomic E-state index is -1.27. The third kappa shape index (κ3) is 13.1. The van der Waals surface area contributed by atoms with Crippen LogP contribution in [0.4, 0.5) is 0 Å². The van der Waals surface area contributed by atoms with Crippen LogP contribution in [0.15, 0.2) is 72.9 Å². The van der Waals surface area contributed by atoms with Crippen LogP contribution in [0.25, 0.3) is 45.3 Å². The van der Waals surface area contributed by atoms with E-state index in [4.69, 9.17) is 14.7 Å². The molecule has 1 fully saturated rings. The molecule has 18 nitrogen and oxygen atoms in total. The minimum absolute atomic E-state index is 0. The Hall–Kier alpha value is -5.41. The average Bonchev–Trinajstić information content (AvgIpc) is 4.11. The number of carbonyl (C=O) groups is 3. The zero-order valence-electron chi connectivity index (χ0n) is 36.9. The van der Waals surface area contributed by atoms with Crippen LogP contribution in [0.5, 0.6) is 5.75 Å². The molecule has 8 rings (SSSR count). The molecule has 66 heavy (non-hydrogen) atoms. The summed E-state index contributed by atoms with van der Waals surface area (Å²) in [5.74, 6) is -3.05. The monoisotopic (exact) mass is 1040 g/mol. The number of carboxylic acid groups (broad SMARTS) is 3. The van der Waals surface area contributed by atoms with Crippen LogP contribution in [0.2, 0.25) is 0 Å². The minimum Gasteiger partial charge on any atom is -0.549 e. The normalized spacial score (nSPS) is 16.5. The van der Waals surface area contributed by atoms with Gasteiger partial charge in [-0.3, -0.25) is 24.6 Å². The summed E-state index contributed by atoms with van der Waals surface area (Å²) in [7, 11) is 0. The van der Waals surface area contributed by atoms with Crippen molar-refractivity contribution in [3.05, 3.63) is 101 Å². The fourth-order valence-electron chi connectivity index (χ4n) is 8.43. The predicted octanol–water partition coefficient (Wildman–Crippen LogP) is 0.314. The standard InChI is InChI=1S/C47H55N11O7.Gd/c1-47(2)26-38-24-35-8-12-41(50-35)46(40-11-7-34(49-40)23-33-5-6-36(48-33)25-42(47)51-38)32-3-9-39(10-4-32)65-22-13-37-27-58(53-52-37)31-57-20-18-55(29-44(61)62)16-14-54(28-43(59)60)15-17-56(19-21-57)30-45(63)64;/h3-12,23-25,27,48,50H,13-22,26,28-31H2,1-2H3,(H,59,60)(H,61,62)(H,63,64);/q;+3/p-3. The molecule has 345 valence electrons. The topological polar surface area (TPSA) is 231 Å². The first-order valence-corrected chi connectivity index (χ1v) is 21.8. The number of hydrogen-bond acceptors (Lipinski definition) is 15. The largest absolute Gasteiger partial charge is 3.00 e. The van der Waals surface area contributed by atoms with Gasteiger partial charge in [-0.05, 0) is 72.3 Å². The van der Waals surface area contributed by atoms with Gasteiger partial charge in [0, 0.05) is 129 Å². The van der Waals surface area contributed by atoms with Gasteiger partial charge in [-0.1, -0.05) is 31.2 Å². The number of carboxylic acids is 3. The second-order valence-corrected chi connectivity index (χ2v) is 17.4. The van der Waals surface area contributed by atoms with Gasteiger partial charge in [0.1, 0.15) is 5.75 Å². The third-order valence-corrected chi connectivity index (χ3v) is 11.8. The summed E-state index contributed by atoms with van der Waals surface area (Å²) >= 11 is 0. The van der Waals surface area contributed by atoms with Crippen molar-refractivity contribution in [1.29, 1.82) is 0 Å². The average molecular weight is 1040 g/mol. The molecule has 3 aliphatic heterocycles. The van der Waals surface area contributed by atoms with Crippen molar-refractivity contribution in [2.75, 3.05) is 78.6 Å². The molecule has 1 aromatic carbocycles. The molecule has 19 heteroatoms. The predicted molar refractivity (Wildman–Crippen MR) is 237 cm³/mol. The summed E-state index contributed by atoms with van der Waals surface area (Å²) in [6, 6.07) is 22.5. The maximum absolute atomic E-state index is 11.6. The van der Waals surface area contributed by atoms with E-state index in [0.717, 1.165) is 62.4 Å². The van der Waals surface area contributed by atoms with Gasteiger partial charge in [-0.25, -0.2) is 9.67 Å². The van der Waals surface area contributed by atoms with Crippen LogP contribution >= 0.6 is 0 Å². The number of hydrogen-bond donors (Lipinski definition) is 2. The Bertz CT molecular complexity index is 2680. The number of nitrogens with zero attached hydrogens (tertiary/aromatic N) is 9. The number of fused-ring (bicyclic) bond motifs is 8. The smallest absolute Gasteiger partial charge is 0.549 e. The van der Waals surface area contributed by atoms with Crippen molar-refractivity contribution in [2.24, 2.45) is 0 Å². The van der Waals surface area contributed by atoms with Gasteiger partial charge in [-0.2, -0.15) is 0 Å². The number of aliphatic carboxylic acids is 3. The number of benzene rings is 1. The van der Waals surface area contributed by atoms with Crippen LogP contribution in [0.1, 0.15) is 42.3 Å². The van der Waals surface area contributed by atoms with Gasteiger partial charge in [0.2, 0.25) is 0 Å². The molecule has 2 N–H and O–H groups in total. The van der Waals surface area contributed by atoms with Gasteiger partial charge < -0.3 is 44.4 Å². The van der Waals surface area contributed by atoms with E-state index in [0.29, 0.717) is 57.3 Å². The maximum Gasteiger partial charge on any atom is 3.00 e. The zero-order valence-corrected chi connectivity index (χ0v) is 39.2. The first kappa shape index (κ1) is 48.5. The Morgan fingerprint density at radius 2 is 1.27 bits per heavy atom. The molecule has 8 bridgehead atoms. The molecule has 7 heterocycles. The fourth-order valence-corrected chi connectivity index (χ4v) is 8.43. The number of aromatic amines is 2. The summed E-state index contributed by atoms with van der Waals surface area (Å²) in [6.45, 7) is 6.70. The third-order valence-electron chi connectivity index (χ3n) is 11.8. The fraction of sp³-hybridized carbons (Fsp3) is 0.383. The van der Waals surface area contributed by atoms with Crippen LogP contribution in [0.3, 0.4) is 0 Å². The van der Waals surface area contributed by atoms with Gasteiger partial charge in [0.05, 0.1) is 54.5 Å². The van der Waals surface area contributed by atoms with E-state index in [1.807, 2.05) is 53.6 Å². The zero-order chi connectivity index (χ0) is 45.5. The molecule has 1 saturated heterocycles. The number of H-pyrrole nitrogens is 2. The Morgan fingerprint density at radius 1 is 0.697 bits per heavy atom. The molecule has 0 spiro atoms. The molecule has 0 aliphatic carbocycles. The number of aromatic nitrogens is 7. The molecule has 0 saturated carbocycles. The Labute approximate surface area is 414 Å². The van der Waals surface area contributed by atoms with Crippen LogP contribution in [-0.4, -0.2) is 151 Å². The molecular formula is C47H52GdN11O7. The number of rotatable bonds is 13. The van der Waals surface area contributed by atoms with E-state index in [2.05, 4.69) is 70.5 Å². The Balaban J connectivity index is 0.00000648. The maximum atomic E-state index is 11.6. The summed E-state index contributed by atoms with van der Waals surface area (Å²) in [6.07, 6.45) is 7.21. The summed E-state index contributed by atoms with van der Waals surface area (Å²) in [4.78, 5) is 58.7. The second-order valence-electron chi connectivity index (χ2n) is 17.4. The SMILES string of the molecule is CC1(C)Cc2cc3ccc([nH]3)c(-c3ccc(OCCc4cn(CN5CCN(CC(=O)[O-])CCN(CC(=O)[O-])CCN(CC(=O)[O-])CC5)nn4)cc3)c3nc(cc4ccc(cc1n2)[nH]4)C=C3.[Gd+3]. The molecule has 1 radical (unpaired) electrons. The summed E-state index contributed by atoms with van der Waals surface area (Å²) in [5, 5.41) is 43.2. The van der Waals surface area contributed by atoms with Crippen molar-refractivity contribution < 1.29 is 74.4 Å². The van der Waals surface area contributed by atoms with Crippen LogP contribution in [-0.2, 0) is 39.3 Å². The molecule has 3 aliphatic rings. The van der Waals surface area contributed by atoms with Crippen molar-refractivity contribution in [2.45, 2.75) is 38.8 Å². The number of nitrogens with one attached hydrogen (secondary N) is 2. The first-order chi connectivity index (χ1) is 31.3. The second kappa shape index (κ2) is 21.9. The molecule has 4 aromatic heterocycles. The van der Waals surface area contributed by atoms with Crippen molar-refractivity contribution in [1.82, 2.24) is 54.5 Å². The van der Waals surface area contributed by atoms with Gasteiger partial charge in [0.25, 0.3) is 0 Å². The van der Waals surface area contributed by atoms with E-state index in [9.17, 15) is 29.7 Å². The molecule has 0 unspecified atom stereocenters. The van der Waals surface area contributed by atoms with E-state index in [-0.39, 0.29) is 91.2 Å². The molecular weight excluding hydrogens is 988 g/mol. The summed E-state index contributed by atoms with van der Waals surface area (Å²) < 4.78 is 7.86. The van der Waals surface area contributed by atoms with Gasteiger partial charge >= 0.3 is 39.9 Å². The van der Waals surface area contributed by atoms with Gasteiger partial charge in [-0.15, -0.1) is 5.10 Å². The molecule has 0 atom stereocenters. The Kier molecular flexibility index (Phi) is 16.1. The number of carbonyl (C=O) groups excluding carboxylic acids is 3. The number of ether oxygens (including phenoxy) is 1. The van der Waals surface area contributed by atoms with Crippen LogP contribution < -0.4 is 20.1 Å². The molecule has 0 amide bonds. The van der Waals surface area contributed by atoms with Crippen molar-refractivity contribution in [3.8, 4) is 16.9 Å². The first-order valence-electron chi connectivity index (χ1n) is 21.8.